The van der Waals surface area contributed by atoms with E-state index in [9.17, 15) is 9.59 Å². The van der Waals surface area contributed by atoms with Crippen molar-refractivity contribution in [2.75, 3.05) is 26.7 Å². The summed E-state index contributed by atoms with van der Waals surface area (Å²) in [5, 5.41) is 5.77. The van der Waals surface area contributed by atoms with E-state index in [2.05, 4.69) is 36.3 Å². The highest BCUT2D eigenvalue weighted by atomic mass is 16.5. The Hall–Kier alpha value is -2.34. The van der Waals surface area contributed by atoms with E-state index in [0.29, 0.717) is 18.5 Å². The maximum absolute atomic E-state index is 12.5. The molecule has 2 atom stereocenters. The van der Waals surface area contributed by atoms with Crippen molar-refractivity contribution >= 4 is 17.9 Å². The number of piperidine rings is 1. The van der Waals surface area contributed by atoms with E-state index in [1.54, 1.807) is 20.1 Å². The third-order valence-corrected chi connectivity index (χ3v) is 5.84. The Balaban J connectivity index is 1.80. The van der Waals surface area contributed by atoms with Crippen LogP contribution in [0.15, 0.2) is 30.3 Å². The molecule has 1 aliphatic heterocycles. The smallest absolute Gasteiger partial charge is 0.244 e. The van der Waals surface area contributed by atoms with Crippen LogP contribution in [0.2, 0.25) is 0 Å². The van der Waals surface area contributed by atoms with Crippen LogP contribution in [0.4, 0.5) is 0 Å². The van der Waals surface area contributed by atoms with E-state index >= 15 is 0 Å². The van der Waals surface area contributed by atoms with Crippen molar-refractivity contribution in [1.82, 2.24) is 15.5 Å². The number of nitrogens with one attached hydrogen (secondary N) is 2. The first-order valence-corrected chi connectivity index (χ1v) is 10.9. The van der Waals surface area contributed by atoms with Crippen molar-refractivity contribution < 1.29 is 14.3 Å². The highest BCUT2D eigenvalue weighted by molar-refractivity contribution is 5.95. The third kappa shape index (κ3) is 7.48. The van der Waals surface area contributed by atoms with E-state index in [1.807, 2.05) is 24.3 Å². The fourth-order valence-corrected chi connectivity index (χ4v) is 3.72. The van der Waals surface area contributed by atoms with Crippen LogP contribution in [0.5, 0.6) is 5.75 Å². The number of hydrogen-bond donors (Lipinski definition) is 2. The van der Waals surface area contributed by atoms with Gasteiger partial charge in [0.05, 0.1) is 7.11 Å². The van der Waals surface area contributed by atoms with Gasteiger partial charge in [0.2, 0.25) is 11.8 Å². The van der Waals surface area contributed by atoms with Crippen LogP contribution in [0.1, 0.15) is 46.1 Å². The SMILES string of the molecule is COc1ccc(/C=C/C(=O)NC(C)C(=O)NCC(C(C)C)N2CCC(C)CC2)cc1. The standard InChI is InChI=1S/C24H37N3O3/c1-17(2)22(27-14-12-18(3)13-15-27)16-25-24(29)19(4)26-23(28)11-8-20-6-9-21(30-5)10-7-20/h6-11,17-19,22H,12-16H2,1-5H3,(H,25,29)(H,26,28)/b11-8+. The number of carbonyl (C=O) groups excluding carboxylic acids is 2. The van der Waals surface area contributed by atoms with Crippen molar-refractivity contribution in [3.8, 4) is 5.75 Å². The lowest BCUT2D eigenvalue weighted by molar-refractivity contribution is -0.126. The second-order valence-electron chi connectivity index (χ2n) is 8.61. The highest BCUT2D eigenvalue weighted by Gasteiger charge is 2.26. The van der Waals surface area contributed by atoms with Crippen molar-refractivity contribution in [2.45, 2.75) is 52.6 Å². The molecule has 0 radical (unpaired) electrons. The molecule has 166 valence electrons. The van der Waals surface area contributed by atoms with Crippen molar-refractivity contribution in [1.29, 1.82) is 0 Å². The molecular weight excluding hydrogens is 378 g/mol. The number of nitrogens with zero attached hydrogens (tertiary/aromatic N) is 1. The number of rotatable bonds is 9. The Labute approximate surface area is 181 Å². The molecule has 0 saturated carbocycles. The summed E-state index contributed by atoms with van der Waals surface area (Å²) in [4.78, 5) is 27.2. The average molecular weight is 416 g/mol. The summed E-state index contributed by atoms with van der Waals surface area (Å²) in [6.45, 7) is 11.2. The molecule has 1 aliphatic rings. The maximum atomic E-state index is 12.5. The Morgan fingerprint density at radius 2 is 1.80 bits per heavy atom. The largest absolute Gasteiger partial charge is 0.497 e. The minimum Gasteiger partial charge on any atom is -0.497 e. The molecule has 0 aromatic heterocycles. The summed E-state index contributed by atoms with van der Waals surface area (Å²) >= 11 is 0. The molecule has 1 aromatic carbocycles. The van der Waals surface area contributed by atoms with Gasteiger partial charge in [-0.3, -0.25) is 14.5 Å². The fourth-order valence-electron chi connectivity index (χ4n) is 3.72. The van der Waals surface area contributed by atoms with Gasteiger partial charge in [0.15, 0.2) is 0 Å². The zero-order valence-electron chi connectivity index (χ0n) is 19.0. The quantitative estimate of drug-likeness (QED) is 0.608. The monoisotopic (exact) mass is 415 g/mol. The minimum absolute atomic E-state index is 0.155. The normalized spacial score (nSPS) is 17.7. The molecule has 1 fully saturated rings. The number of hydrogen-bond acceptors (Lipinski definition) is 4. The van der Waals surface area contributed by atoms with Crippen LogP contribution < -0.4 is 15.4 Å². The number of likely N-dealkylation sites (tertiary alicyclic amines) is 1. The van der Waals surface area contributed by atoms with Gasteiger partial charge in [0, 0.05) is 18.7 Å². The van der Waals surface area contributed by atoms with Crippen molar-refractivity contribution in [3.63, 3.8) is 0 Å². The summed E-state index contributed by atoms with van der Waals surface area (Å²) < 4.78 is 5.12. The number of amides is 2. The lowest BCUT2D eigenvalue weighted by Crippen LogP contribution is -2.52. The van der Waals surface area contributed by atoms with Gasteiger partial charge in [0.1, 0.15) is 11.8 Å². The Morgan fingerprint density at radius 3 is 2.37 bits per heavy atom. The molecule has 6 heteroatoms. The first-order chi connectivity index (χ1) is 14.3. The number of ether oxygens (including phenoxy) is 1. The van der Waals surface area contributed by atoms with Crippen molar-refractivity contribution in [3.05, 3.63) is 35.9 Å². The van der Waals surface area contributed by atoms with Crippen LogP contribution in [-0.4, -0.2) is 55.5 Å². The van der Waals surface area contributed by atoms with E-state index in [0.717, 1.165) is 30.3 Å². The number of methoxy groups -OCH3 is 1. The van der Waals surface area contributed by atoms with Crippen LogP contribution >= 0.6 is 0 Å². The van der Waals surface area contributed by atoms with Crippen LogP contribution in [0.3, 0.4) is 0 Å². The minimum atomic E-state index is -0.591. The average Bonchev–Trinajstić information content (AvgIpc) is 2.73. The summed E-state index contributed by atoms with van der Waals surface area (Å²) in [5.41, 5.74) is 0.888. The molecule has 1 aromatic rings. The fraction of sp³-hybridized carbons (Fsp3) is 0.583. The van der Waals surface area contributed by atoms with E-state index in [-0.39, 0.29) is 11.8 Å². The topological polar surface area (TPSA) is 70.7 Å². The molecule has 6 nitrogen and oxygen atoms in total. The first kappa shape index (κ1) is 23.9. The molecular formula is C24H37N3O3. The summed E-state index contributed by atoms with van der Waals surface area (Å²) in [6, 6.07) is 7.13. The molecule has 2 unspecified atom stereocenters. The number of carbonyl (C=O) groups is 2. The van der Waals surface area contributed by atoms with Gasteiger partial charge in [-0.15, -0.1) is 0 Å². The van der Waals surface area contributed by atoms with Gasteiger partial charge < -0.3 is 15.4 Å². The zero-order valence-corrected chi connectivity index (χ0v) is 19.0. The molecule has 0 aliphatic carbocycles. The predicted octanol–water partition coefficient (Wildman–Crippen LogP) is 3.09. The van der Waals surface area contributed by atoms with Gasteiger partial charge in [-0.05, 0) is 68.5 Å². The van der Waals surface area contributed by atoms with Crippen molar-refractivity contribution in [2.24, 2.45) is 11.8 Å². The highest BCUT2D eigenvalue weighted by Crippen LogP contribution is 2.21. The molecule has 30 heavy (non-hydrogen) atoms. The van der Waals surface area contributed by atoms with Crippen LogP contribution in [0.25, 0.3) is 6.08 Å². The Bertz CT molecular complexity index is 707. The lowest BCUT2D eigenvalue weighted by atomic mass is 9.94. The molecule has 2 amide bonds. The zero-order chi connectivity index (χ0) is 22.1. The third-order valence-electron chi connectivity index (χ3n) is 5.84. The predicted molar refractivity (Wildman–Crippen MR) is 121 cm³/mol. The molecule has 2 N–H and O–H groups in total. The summed E-state index contributed by atoms with van der Waals surface area (Å²) in [7, 11) is 1.61. The van der Waals surface area contributed by atoms with Gasteiger partial charge in [-0.2, -0.15) is 0 Å². The van der Waals surface area contributed by atoms with Gasteiger partial charge in [-0.25, -0.2) is 0 Å². The molecule has 2 rings (SSSR count). The molecule has 1 heterocycles. The van der Waals surface area contributed by atoms with E-state index in [1.165, 1.54) is 18.9 Å². The number of benzene rings is 1. The van der Waals surface area contributed by atoms with E-state index < -0.39 is 6.04 Å². The van der Waals surface area contributed by atoms with Crippen LogP contribution in [0, 0.1) is 11.8 Å². The lowest BCUT2D eigenvalue weighted by Gasteiger charge is -2.39. The summed E-state index contributed by atoms with van der Waals surface area (Å²) in [6.07, 6.45) is 5.58. The molecule has 0 spiro atoms. The molecule has 1 saturated heterocycles. The maximum Gasteiger partial charge on any atom is 0.244 e. The van der Waals surface area contributed by atoms with Gasteiger partial charge >= 0.3 is 0 Å². The second kappa shape index (κ2) is 11.7. The molecule has 0 bridgehead atoms. The van der Waals surface area contributed by atoms with Gasteiger partial charge in [0.25, 0.3) is 0 Å². The first-order valence-electron chi connectivity index (χ1n) is 10.9. The Morgan fingerprint density at radius 1 is 1.17 bits per heavy atom. The second-order valence-corrected chi connectivity index (χ2v) is 8.61. The Kier molecular flexibility index (Phi) is 9.37. The van der Waals surface area contributed by atoms with E-state index in [4.69, 9.17) is 4.74 Å². The summed E-state index contributed by atoms with van der Waals surface area (Å²) in [5.74, 6) is 1.55. The van der Waals surface area contributed by atoms with Gasteiger partial charge in [-0.1, -0.05) is 32.9 Å². The van der Waals surface area contributed by atoms with Crippen LogP contribution in [-0.2, 0) is 9.59 Å².